The third-order valence-corrected chi connectivity index (χ3v) is 8.33. The van der Waals surface area contributed by atoms with Crippen molar-refractivity contribution < 1.29 is 17.6 Å². The molecule has 0 saturated carbocycles. The third-order valence-electron chi connectivity index (χ3n) is 5.50. The minimum atomic E-state index is -3.63. The Morgan fingerprint density at radius 1 is 1.12 bits per heavy atom. The number of halogens is 1. The lowest BCUT2D eigenvalue weighted by Gasteiger charge is -2.33. The fourth-order valence-corrected chi connectivity index (χ4v) is 5.97. The van der Waals surface area contributed by atoms with Crippen molar-refractivity contribution in [2.45, 2.75) is 18.2 Å². The van der Waals surface area contributed by atoms with Crippen LogP contribution in [-0.4, -0.2) is 61.2 Å². The van der Waals surface area contributed by atoms with E-state index in [2.05, 4.69) is 22.1 Å². The molecule has 4 rings (SSSR count). The van der Waals surface area contributed by atoms with Crippen LogP contribution in [0, 0.1) is 5.82 Å². The van der Waals surface area contributed by atoms with Crippen LogP contribution >= 0.6 is 11.3 Å². The first kappa shape index (κ1) is 23.5. The van der Waals surface area contributed by atoms with Crippen molar-refractivity contribution in [3.63, 3.8) is 0 Å². The SMILES string of the molecule is CCN1CCN(S(=O)(=O)c2cccc(NC(=O)Cc3csc(-c4cccc(F)c4)n3)c2)CC1. The highest BCUT2D eigenvalue weighted by atomic mass is 32.2. The predicted octanol–water partition coefficient (Wildman–Crippen LogP) is 3.46. The molecule has 1 amide bonds. The number of benzene rings is 2. The number of hydrogen-bond donors (Lipinski definition) is 1. The van der Waals surface area contributed by atoms with Gasteiger partial charge in [-0.25, -0.2) is 17.8 Å². The fraction of sp³-hybridized carbons (Fsp3) is 0.304. The van der Waals surface area contributed by atoms with E-state index in [4.69, 9.17) is 0 Å². The number of likely N-dealkylation sites (N-methyl/N-ethyl adjacent to an activating group) is 1. The van der Waals surface area contributed by atoms with E-state index in [1.165, 1.54) is 33.8 Å². The molecule has 0 radical (unpaired) electrons. The van der Waals surface area contributed by atoms with Gasteiger partial charge in [0, 0.05) is 42.8 Å². The summed E-state index contributed by atoms with van der Waals surface area (Å²) in [4.78, 5) is 19.3. The Balaban J connectivity index is 1.41. The molecule has 3 aromatic rings. The number of nitrogens with zero attached hydrogens (tertiary/aromatic N) is 3. The second kappa shape index (κ2) is 10.1. The van der Waals surface area contributed by atoms with Gasteiger partial charge in [0.2, 0.25) is 15.9 Å². The van der Waals surface area contributed by atoms with E-state index in [-0.39, 0.29) is 23.0 Å². The zero-order valence-electron chi connectivity index (χ0n) is 18.2. The molecule has 0 unspecified atom stereocenters. The number of thiazole rings is 1. The van der Waals surface area contributed by atoms with Gasteiger partial charge in [0.1, 0.15) is 10.8 Å². The van der Waals surface area contributed by atoms with E-state index in [1.54, 1.807) is 35.7 Å². The first-order valence-electron chi connectivity index (χ1n) is 10.7. The quantitative estimate of drug-likeness (QED) is 0.551. The molecule has 1 aromatic heterocycles. The summed E-state index contributed by atoms with van der Waals surface area (Å²) < 4.78 is 41.0. The van der Waals surface area contributed by atoms with Crippen LogP contribution in [0.1, 0.15) is 12.6 Å². The summed E-state index contributed by atoms with van der Waals surface area (Å²) in [5.74, 6) is -0.652. The Hall–Kier alpha value is -2.66. The van der Waals surface area contributed by atoms with Crippen LogP contribution in [0.4, 0.5) is 10.1 Å². The number of carbonyl (C=O) groups is 1. The Morgan fingerprint density at radius 2 is 1.88 bits per heavy atom. The number of hydrogen-bond acceptors (Lipinski definition) is 6. The molecule has 10 heteroatoms. The van der Waals surface area contributed by atoms with Crippen LogP contribution in [0.3, 0.4) is 0 Å². The minimum absolute atomic E-state index is 0.0295. The highest BCUT2D eigenvalue weighted by Crippen LogP contribution is 2.25. The van der Waals surface area contributed by atoms with Gasteiger partial charge in [-0.3, -0.25) is 4.79 Å². The highest BCUT2D eigenvalue weighted by Gasteiger charge is 2.28. The number of rotatable bonds is 7. The fourth-order valence-electron chi connectivity index (χ4n) is 3.68. The third kappa shape index (κ3) is 5.64. The maximum atomic E-state index is 13.4. The number of carbonyl (C=O) groups excluding carboxylic acids is 1. The standard InChI is InChI=1S/C23H25FN4O3S2/c1-2-27-9-11-28(12-10-27)33(30,31)21-8-4-7-19(14-21)25-22(29)15-20-16-32-23(26-20)17-5-3-6-18(24)13-17/h3-8,13-14,16H,2,9-12,15H2,1H3,(H,25,29). The molecule has 7 nitrogen and oxygen atoms in total. The lowest BCUT2D eigenvalue weighted by Crippen LogP contribution is -2.48. The summed E-state index contributed by atoms with van der Waals surface area (Å²) in [5, 5.41) is 5.15. The molecule has 0 spiro atoms. The first-order valence-corrected chi connectivity index (χ1v) is 13.0. The molecule has 33 heavy (non-hydrogen) atoms. The monoisotopic (exact) mass is 488 g/mol. The van der Waals surface area contributed by atoms with Crippen molar-refractivity contribution in [1.29, 1.82) is 0 Å². The van der Waals surface area contributed by atoms with E-state index >= 15 is 0 Å². The van der Waals surface area contributed by atoms with Gasteiger partial charge in [-0.2, -0.15) is 4.31 Å². The number of sulfonamides is 1. The maximum absolute atomic E-state index is 13.4. The van der Waals surface area contributed by atoms with Crippen LogP contribution in [0.15, 0.2) is 58.8 Å². The molecule has 0 atom stereocenters. The van der Waals surface area contributed by atoms with Crippen molar-refractivity contribution in [1.82, 2.24) is 14.2 Å². The number of aromatic nitrogens is 1. The Bertz CT molecular complexity index is 1240. The van der Waals surface area contributed by atoms with Crippen molar-refractivity contribution >= 4 is 33.0 Å². The molecule has 1 aliphatic rings. The second-order valence-electron chi connectivity index (χ2n) is 7.75. The van der Waals surface area contributed by atoms with Crippen molar-refractivity contribution in [2.75, 3.05) is 38.0 Å². The molecule has 2 aromatic carbocycles. The summed E-state index contributed by atoms with van der Waals surface area (Å²) in [6, 6.07) is 12.5. The van der Waals surface area contributed by atoms with E-state index < -0.39 is 10.0 Å². The smallest absolute Gasteiger partial charge is 0.243 e. The van der Waals surface area contributed by atoms with Crippen molar-refractivity contribution in [3.05, 3.63) is 65.4 Å². The Labute approximate surface area is 196 Å². The number of piperazine rings is 1. The second-order valence-corrected chi connectivity index (χ2v) is 10.5. The van der Waals surface area contributed by atoms with Crippen LogP contribution in [0.2, 0.25) is 0 Å². The molecule has 0 bridgehead atoms. The zero-order chi connectivity index (χ0) is 23.4. The molecular weight excluding hydrogens is 463 g/mol. The van der Waals surface area contributed by atoms with E-state index in [0.717, 1.165) is 6.54 Å². The Morgan fingerprint density at radius 3 is 2.61 bits per heavy atom. The van der Waals surface area contributed by atoms with Crippen molar-refractivity contribution in [3.8, 4) is 10.6 Å². The summed E-state index contributed by atoms with van der Waals surface area (Å²) in [6.07, 6.45) is 0.0295. The van der Waals surface area contributed by atoms with Crippen LogP contribution in [-0.2, 0) is 21.2 Å². The summed E-state index contributed by atoms with van der Waals surface area (Å²) >= 11 is 1.34. The highest BCUT2D eigenvalue weighted by molar-refractivity contribution is 7.89. The van der Waals surface area contributed by atoms with Gasteiger partial charge in [-0.15, -0.1) is 11.3 Å². The van der Waals surface area contributed by atoms with Gasteiger partial charge < -0.3 is 10.2 Å². The number of nitrogens with one attached hydrogen (secondary N) is 1. The molecule has 1 saturated heterocycles. The largest absolute Gasteiger partial charge is 0.326 e. The van der Waals surface area contributed by atoms with Gasteiger partial charge in [0.25, 0.3) is 0 Å². The maximum Gasteiger partial charge on any atom is 0.243 e. The predicted molar refractivity (Wildman–Crippen MR) is 127 cm³/mol. The lowest BCUT2D eigenvalue weighted by molar-refractivity contribution is -0.115. The number of anilines is 1. The van der Waals surface area contributed by atoms with E-state index in [9.17, 15) is 17.6 Å². The topological polar surface area (TPSA) is 82.6 Å². The average molecular weight is 489 g/mol. The Kier molecular flexibility index (Phi) is 7.18. The summed E-state index contributed by atoms with van der Waals surface area (Å²) in [7, 11) is -3.63. The van der Waals surface area contributed by atoms with Gasteiger partial charge in [-0.1, -0.05) is 25.1 Å². The van der Waals surface area contributed by atoms with E-state index in [0.29, 0.717) is 48.1 Å². The van der Waals surface area contributed by atoms with Gasteiger partial charge in [-0.05, 0) is 36.9 Å². The average Bonchev–Trinajstić information content (AvgIpc) is 3.27. The zero-order valence-corrected chi connectivity index (χ0v) is 19.8. The molecule has 2 heterocycles. The first-order chi connectivity index (χ1) is 15.8. The normalized spacial score (nSPS) is 15.5. The molecule has 1 N–H and O–H groups in total. The van der Waals surface area contributed by atoms with Gasteiger partial charge >= 0.3 is 0 Å². The molecule has 1 aliphatic heterocycles. The summed E-state index contributed by atoms with van der Waals surface area (Å²) in [5.41, 5.74) is 1.63. The van der Waals surface area contributed by atoms with Crippen LogP contribution < -0.4 is 5.32 Å². The van der Waals surface area contributed by atoms with Crippen LogP contribution in [0.25, 0.3) is 10.6 Å². The minimum Gasteiger partial charge on any atom is -0.326 e. The summed E-state index contributed by atoms with van der Waals surface area (Å²) in [6.45, 7) is 5.27. The van der Waals surface area contributed by atoms with Crippen molar-refractivity contribution in [2.24, 2.45) is 0 Å². The lowest BCUT2D eigenvalue weighted by atomic mass is 10.2. The van der Waals surface area contributed by atoms with Gasteiger partial charge in [0.15, 0.2) is 0 Å². The van der Waals surface area contributed by atoms with E-state index in [1.807, 2.05) is 0 Å². The molecule has 0 aliphatic carbocycles. The number of amides is 1. The molecule has 174 valence electrons. The van der Waals surface area contributed by atoms with Crippen LogP contribution in [0.5, 0.6) is 0 Å². The molecule has 1 fully saturated rings. The van der Waals surface area contributed by atoms with Gasteiger partial charge in [0.05, 0.1) is 17.0 Å². The molecular formula is C23H25FN4O3S2.